The maximum atomic E-state index is 12.3. The van der Waals surface area contributed by atoms with Gasteiger partial charge in [-0.05, 0) is 32.7 Å². The molecule has 1 aliphatic rings. The Hall–Kier alpha value is -0.940. The first-order valence-electron chi connectivity index (χ1n) is 6.15. The van der Waals surface area contributed by atoms with Gasteiger partial charge in [0, 0.05) is 5.38 Å². The van der Waals surface area contributed by atoms with Crippen molar-refractivity contribution in [3.8, 4) is 0 Å². The molecule has 1 aliphatic heterocycles. The summed E-state index contributed by atoms with van der Waals surface area (Å²) in [6, 6.07) is 0. The second-order valence-corrected chi connectivity index (χ2v) is 5.47. The van der Waals surface area contributed by atoms with E-state index < -0.39 is 0 Å². The van der Waals surface area contributed by atoms with Crippen LogP contribution in [0.1, 0.15) is 38.3 Å². The highest BCUT2D eigenvalue weighted by molar-refractivity contribution is 7.13. The number of aromatic nitrogens is 1. The Bertz CT molecular complexity index is 396. The first kappa shape index (κ1) is 12.5. The molecule has 0 aliphatic carbocycles. The van der Waals surface area contributed by atoms with Gasteiger partial charge in [0.2, 0.25) is 5.91 Å². The lowest BCUT2D eigenvalue weighted by Gasteiger charge is -2.27. The largest absolute Gasteiger partial charge is 0.303 e. The number of hydrogen-bond acceptors (Lipinski definition) is 4. The molecule has 0 aromatic carbocycles. The molecule has 4 nitrogen and oxygen atoms in total. The van der Waals surface area contributed by atoms with Crippen molar-refractivity contribution < 1.29 is 4.79 Å². The Morgan fingerprint density at radius 2 is 2.53 bits per heavy atom. The van der Waals surface area contributed by atoms with E-state index in [2.05, 4.69) is 22.5 Å². The van der Waals surface area contributed by atoms with Gasteiger partial charge in [0.25, 0.3) is 0 Å². The summed E-state index contributed by atoms with van der Waals surface area (Å²) in [5.74, 6) is 0.0752. The zero-order chi connectivity index (χ0) is 12.3. The maximum Gasteiger partial charge on any atom is 0.246 e. The van der Waals surface area contributed by atoms with Crippen molar-refractivity contribution in [3.05, 3.63) is 11.1 Å². The number of carbonyl (C=O) groups is 1. The summed E-state index contributed by atoms with van der Waals surface area (Å²) in [4.78, 5) is 16.6. The lowest BCUT2D eigenvalue weighted by atomic mass is 9.91. The summed E-state index contributed by atoms with van der Waals surface area (Å²) in [5, 5.41) is 8.95. The number of carbonyl (C=O) groups excluding carboxylic acids is 1. The number of amides is 1. The monoisotopic (exact) mass is 253 g/mol. The first-order chi connectivity index (χ1) is 8.16. The third-order valence-corrected chi connectivity index (χ3v) is 4.07. The van der Waals surface area contributed by atoms with Crippen molar-refractivity contribution >= 4 is 22.4 Å². The average Bonchev–Trinajstić information content (AvgIpc) is 2.89. The molecule has 1 aromatic rings. The standard InChI is InChI=1S/C12H19N3OS/c1-3-5-12(6-4-7-13-12)10(16)15-11-14-9(2)8-17-11/h8,13H,3-7H2,1-2H3,(H,14,15,16). The molecule has 1 aromatic heterocycles. The third kappa shape index (κ3) is 2.66. The van der Waals surface area contributed by atoms with Crippen LogP contribution in [-0.4, -0.2) is 23.0 Å². The van der Waals surface area contributed by atoms with Crippen molar-refractivity contribution in [1.29, 1.82) is 0 Å². The molecule has 1 fully saturated rings. The van der Waals surface area contributed by atoms with Crippen LogP contribution in [0.3, 0.4) is 0 Å². The van der Waals surface area contributed by atoms with E-state index in [1.165, 1.54) is 11.3 Å². The van der Waals surface area contributed by atoms with E-state index in [-0.39, 0.29) is 11.4 Å². The molecule has 94 valence electrons. The summed E-state index contributed by atoms with van der Waals surface area (Å²) in [7, 11) is 0. The smallest absolute Gasteiger partial charge is 0.246 e. The molecule has 1 saturated heterocycles. The van der Waals surface area contributed by atoms with Crippen molar-refractivity contribution in [2.45, 2.75) is 45.1 Å². The van der Waals surface area contributed by atoms with Gasteiger partial charge < -0.3 is 10.6 Å². The Labute approximate surface area is 106 Å². The van der Waals surface area contributed by atoms with Gasteiger partial charge in [0.1, 0.15) is 0 Å². The number of rotatable bonds is 4. The molecule has 2 heterocycles. The maximum absolute atomic E-state index is 12.3. The van der Waals surface area contributed by atoms with Crippen LogP contribution >= 0.6 is 11.3 Å². The number of anilines is 1. The van der Waals surface area contributed by atoms with Crippen molar-refractivity contribution in [2.24, 2.45) is 0 Å². The molecule has 2 N–H and O–H groups in total. The zero-order valence-corrected chi connectivity index (χ0v) is 11.2. The van der Waals surface area contributed by atoms with E-state index in [0.29, 0.717) is 5.13 Å². The SMILES string of the molecule is CCCC1(C(=O)Nc2nc(C)cs2)CCCN1. The highest BCUT2D eigenvalue weighted by atomic mass is 32.1. The molecular weight excluding hydrogens is 234 g/mol. The Kier molecular flexibility index (Phi) is 3.79. The summed E-state index contributed by atoms with van der Waals surface area (Å²) in [6.45, 7) is 4.98. The first-order valence-corrected chi connectivity index (χ1v) is 7.03. The predicted molar refractivity (Wildman–Crippen MR) is 70.4 cm³/mol. The van der Waals surface area contributed by atoms with Crippen molar-refractivity contribution in [1.82, 2.24) is 10.3 Å². The molecule has 17 heavy (non-hydrogen) atoms. The van der Waals surface area contributed by atoms with Crippen molar-refractivity contribution in [3.63, 3.8) is 0 Å². The summed E-state index contributed by atoms with van der Waals surface area (Å²) in [5.41, 5.74) is 0.586. The van der Waals surface area contributed by atoms with Gasteiger partial charge in [0.15, 0.2) is 5.13 Å². The lowest BCUT2D eigenvalue weighted by Crippen LogP contribution is -2.50. The second kappa shape index (κ2) is 5.14. The van der Waals surface area contributed by atoms with Crippen LogP contribution in [0.15, 0.2) is 5.38 Å². The van der Waals surface area contributed by atoms with Crippen molar-refractivity contribution in [2.75, 3.05) is 11.9 Å². The third-order valence-electron chi connectivity index (χ3n) is 3.19. The van der Waals surface area contributed by atoms with Crippen LogP contribution < -0.4 is 10.6 Å². The van der Waals surface area contributed by atoms with E-state index in [0.717, 1.165) is 37.9 Å². The van der Waals surface area contributed by atoms with E-state index in [9.17, 15) is 4.79 Å². The topological polar surface area (TPSA) is 54.0 Å². The normalized spacial score (nSPS) is 23.9. The molecular formula is C12H19N3OS. The molecule has 0 bridgehead atoms. The number of nitrogens with one attached hydrogen (secondary N) is 2. The fraction of sp³-hybridized carbons (Fsp3) is 0.667. The highest BCUT2D eigenvalue weighted by Gasteiger charge is 2.40. The Balaban J connectivity index is 2.06. The second-order valence-electron chi connectivity index (χ2n) is 4.61. The molecule has 0 radical (unpaired) electrons. The summed E-state index contributed by atoms with van der Waals surface area (Å²) < 4.78 is 0. The van der Waals surface area contributed by atoms with Gasteiger partial charge in [-0.15, -0.1) is 11.3 Å². The van der Waals surface area contributed by atoms with Crippen LogP contribution in [0.2, 0.25) is 0 Å². The minimum absolute atomic E-state index is 0.0752. The quantitative estimate of drug-likeness (QED) is 0.866. The summed E-state index contributed by atoms with van der Waals surface area (Å²) in [6.07, 6.45) is 3.90. The lowest BCUT2D eigenvalue weighted by molar-refractivity contribution is -0.122. The van der Waals surface area contributed by atoms with Crippen LogP contribution in [0.25, 0.3) is 0 Å². The van der Waals surface area contributed by atoms with Gasteiger partial charge in [-0.2, -0.15) is 0 Å². The van der Waals surface area contributed by atoms with Gasteiger partial charge in [-0.25, -0.2) is 4.98 Å². The number of hydrogen-bond donors (Lipinski definition) is 2. The number of thiazole rings is 1. The predicted octanol–water partition coefficient (Wildman–Crippen LogP) is 2.31. The van der Waals surface area contributed by atoms with Gasteiger partial charge in [-0.1, -0.05) is 13.3 Å². The van der Waals surface area contributed by atoms with E-state index in [4.69, 9.17) is 0 Å². The van der Waals surface area contributed by atoms with E-state index >= 15 is 0 Å². The van der Waals surface area contributed by atoms with Gasteiger partial charge in [-0.3, -0.25) is 4.79 Å². The minimum Gasteiger partial charge on any atom is -0.303 e. The Morgan fingerprint density at radius 1 is 1.71 bits per heavy atom. The minimum atomic E-state index is -0.367. The zero-order valence-electron chi connectivity index (χ0n) is 10.4. The van der Waals surface area contributed by atoms with Gasteiger partial charge in [0.05, 0.1) is 11.2 Å². The van der Waals surface area contributed by atoms with Crippen LogP contribution in [0.4, 0.5) is 5.13 Å². The molecule has 2 rings (SSSR count). The van der Waals surface area contributed by atoms with E-state index in [1.807, 2.05) is 12.3 Å². The van der Waals surface area contributed by atoms with Gasteiger partial charge >= 0.3 is 0 Å². The average molecular weight is 253 g/mol. The Morgan fingerprint density at radius 3 is 3.06 bits per heavy atom. The molecule has 0 spiro atoms. The number of aryl methyl sites for hydroxylation is 1. The molecule has 0 saturated carbocycles. The van der Waals surface area contributed by atoms with Crippen LogP contribution in [0.5, 0.6) is 0 Å². The molecule has 1 unspecified atom stereocenters. The van der Waals surface area contributed by atoms with E-state index in [1.54, 1.807) is 0 Å². The molecule has 1 amide bonds. The number of nitrogens with zero attached hydrogens (tertiary/aromatic N) is 1. The van der Waals surface area contributed by atoms with Crippen LogP contribution in [-0.2, 0) is 4.79 Å². The highest BCUT2D eigenvalue weighted by Crippen LogP contribution is 2.27. The van der Waals surface area contributed by atoms with Crippen LogP contribution in [0, 0.1) is 6.92 Å². The molecule has 1 atom stereocenters. The fourth-order valence-corrected chi connectivity index (χ4v) is 3.07. The summed E-state index contributed by atoms with van der Waals surface area (Å²) >= 11 is 1.48. The molecule has 5 heteroatoms. The fourth-order valence-electron chi connectivity index (χ4n) is 2.38.